The summed E-state index contributed by atoms with van der Waals surface area (Å²) in [4.78, 5) is 23.6. The van der Waals surface area contributed by atoms with E-state index >= 15 is 0 Å². The van der Waals surface area contributed by atoms with Crippen LogP contribution >= 0.6 is 0 Å². The van der Waals surface area contributed by atoms with Gasteiger partial charge in [-0.15, -0.1) is 0 Å². The molecule has 2 aromatic heterocycles. The van der Waals surface area contributed by atoms with Crippen LogP contribution in [0.4, 0.5) is 0 Å². The summed E-state index contributed by atoms with van der Waals surface area (Å²) < 4.78 is 28.1. The Balaban J connectivity index is 1.29. The van der Waals surface area contributed by atoms with Gasteiger partial charge in [0.05, 0.1) is 19.3 Å². The number of nitrogens with one attached hydrogen (secondary N) is 1. The third kappa shape index (κ3) is 4.38. The van der Waals surface area contributed by atoms with Gasteiger partial charge < -0.3 is 23.9 Å². The Kier molecular flexibility index (Phi) is 6.32. The molecule has 0 bridgehead atoms. The van der Waals surface area contributed by atoms with Crippen LogP contribution in [0.1, 0.15) is 36.8 Å². The molecule has 4 heterocycles. The molecule has 208 valence electrons. The van der Waals surface area contributed by atoms with E-state index in [1.807, 2.05) is 68.4 Å². The molecule has 0 aliphatic carbocycles. The van der Waals surface area contributed by atoms with Crippen molar-refractivity contribution in [2.45, 2.75) is 49.8 Å². The van der Waals surface area contributed by atoms with E-state index in [4.69, 9.17) is 18.9 Å². The Labute approximate surface area is 236 Å². The number of H-pyrrole nitrogens is 1. The van der Waals surface area contributed by atoms with Crippen LogP contribution in [0.15, 0.2) is 108 Å². The molecule has 4 atom stereocenters. The highest BCUT2D eigenvalue weighted by atomic mass is 16.8. The summed E-state index contributed by atoms with van der Waals surface area (Å²) in [5.41, 5.74) is 2.42. The fourth-order valence-corrected chi connectivity index (χ4v) is 6.04. The third-order valence-corrected chi connectivity index (χ3v) is 7.77. The molecule has 9 heteroatoms. The number of ether oxygens (including phenoxy) is 4. The molecule has 2 fully saturated rings. The lowest BCUT2D eigenvalue weighted by atomic mass is 9.80. The van der Waals surface area contributed by atoms with Crippen molar-refractivity contribution in [3.8, 4) is 0 Å². The molecule has 1 N–H and O–H groups in total. The van der Waals surface area contributed by atoms with Gasteiger partial charge in [0.15, 0.2) is 23.2 Å². The molecule has 9 nitrogen and oxygen atoms in total. The average Bonchev–Trinajstić information content (AvgIpc) is 3.67. The Morgan fingerprint density at radius 3 is 2.00 bits per heavy atom. The van der Waals surface area contributed by atoms with Gasteiger partial charge >= 0.3 is 0 Å². The number of aromatic nitrogens is 4. The number of aromatic amines is 1. The predicted molar refractivity (Wildman–Crippen MR) is 151 cm³/mol. The first-order chi connectivity index (χ1) is 20.0. The molecule has 0 unspecified atom stereocenters. The SMILES string of the molecule is CC1(C)O[C@@H]2[C@H](O1)[C@@H](COC(c1ccccc1)(c1ccccc1)c1ccccc1)O[C@H]2n1cnc2c(=O)[nH]cnc21. The van der Waals surface area contributed by atoms with Crippen molar-refractivity contribution in [3.05, 3.63) is 131 Å². The van der Waals surface area contributed by atoms with Crippen LogP contribution in [-0.4, -0.2) is 50.2 Å². The van der Waals surface area contributed by atoms with Crippen molar-refractivity contribution in [1.29, 1.82) is 0 Å². The number of imidazole rings is 1. The zero-order valence-electron chi connectivity index (χ0n) is 22.7. The number of hydrogen-bond donors (Lipinski definition) is 1. The number of benzene rings is 3. The molecule has 0 amide bonds. The van der Waals surface area contributed by atoms with Crippen molar-refractivity contribution in [3.63, 3.8) is 0 Å². The fourth-order valence-electron chi connectivity index (χ4n) is 6.04. The maximum Gasteiger partial charge on any atom is 0.278 e. The van der Waals surface area contributed by atoms with Gasteiger partial charge in [0, 0.05) is 0 Å². The quantitative estimate of drug-likeness (QED) is 0.297. The van der Waals surface area contributed by atoms with Gasteiger partial charge in [0.2, 0.25) is 0 Å². The number of hydrogen-bond acceptors (Lipinski definition) is 7. The zero-order chi connectivity index (χ0) is 28.0. The second-order valence-electron chi connectivity index (χ2n) is 10.8. The summed E-state index contributed by atoms with van der Waals surface area (Å²) in [6.45, 7) is 3.98. The summed E-state index contributed by atoms with van der Waals surface area (Å²) in [6, 6.07) is 30.6. The number of rotatable bonds is 7. The van der Waals surface area contributed by atoms with Crippen LogP contribution < -0.4 is 5.56 Å². The Bertz CT molecular complexity index is 1610. The molecule has 0 saturated carbocycles. The van der Waals surface area contributed by atoms with E-state index in [-0.39, 0.29) is 17.7 Å². The van der Waals surface area contributed by atoms with Crippen molar-refractivity contribution < 1.29 is 18.9 Å². The molecule has 7 rings (SSSR count). The second kappa shape index (κ2) is 10.0. The van der Waals surface area contributed by atoms with Crippen LogP contribution in [0.3, 0.4) is 0 Å². The lowest BCUT2D eigenvalue weighted by molar-refractivity contribution is -0.204. The third-order valence-electron chi connectivity index (χ3n) is 7.77. The topological polar surface area (TPSA) is 100 Å². The maximum atomic E-state index is 12.3. The van der Waals surface area contributed by atoms with Gasteiger partial charge in [0.25, 0.3) is 5.56 Å². The molecular formula is C32H30N4O5. The first-order valence-electron chi connectivity index (χ1n) is 13.7. The van der Waals surface area contributed by atoms with Gasteiger partial charge in [-0.05, 0) is 30.5 Å². The van der Waals surface area contributed by atoms with Crippen molar-refractivity contribution in [2.75, 3.05) is 6.61 Å². The largest absolute Gasteiger partial charge is 0.358 e. The molecular weight excluding hydrogens is 520 g/mol. The Hall–Kier alpha value is -4.15. The molecule has 2 saturated heterocycles. The zero-order valence-corrected chi connectivity index (χ0v) is 22.7. The van der Waals surface area contributed by atoms with E-state index in [9.17, 15) is 4.79 Å². The minimum absolute atomic E-state index is 0.205. The van der Waals surface area contributed by atoms with Crippen molar-refractivity contribution in [1.82, 2.24) is 19.5 Å². The van der Waals surface area contributed by atoms with Crippen LogP contribution in [-0.2, 0) is 24.5 Å². The predicted octanol–water partition coefficient (Wildman–Crippen LogP) is 4.55. The maximum absolute atomic E-state index is 12.3. The summed E-state index contributed by atoms with van der Waals surface area (Å²) in [5.74, 6) is -0.827. The van der Waals surface area contributed by atoms with E-state index in [1.54, 1.807) is 10.9 Å². The standard InChI is InChI=1S/C32H30N4O5/c1-31(2)40-26-24(39-30(27(26)41-31)36-20-35-25-28(36)33-19-34-29(25)37)18-38-32(21-12-6-3-7-13-21,22-14-8-4-9-15-22)23-16-10-5-11-17-23/h3-17,19-20,24,26-27,30H,18H2,1-2H3,(H,33,34,37)/t24-,26-,27-,30-/m1/s1. The molecule has 2 aliphatic heterocycles. The summed E-state index contributed by atoms with van der Waals surface area (Å²) in [7, 11) is 0. The van der Waals surface area contributed by atoms with E-state index < -0.39 is 35.9 Å². The summed E-state index contributed by atoms with van der Waals surface area (Å²) >= 11 is 0. The van der Waals surface area contributed by atoms with E-state index in [1.165, 1.54) is 6.33 Å². The Morgan fingerprint density at radius 2 is 1.41 bits per heavy atom. The minimum atomic E-state index is -0.910. The average molecular weight is 551 g/mol. The van der Waals surface area contributed by atoms with Crippen LogP contribution in [0.5, 0.6) is 0 Å². The molecule has 5 aromatic rings. The number of nitrogens with zero attached hydrogens (tertiary/aromatic N) is 3. The van der Waals surface area contributed by atoms with Crippen LogP contribution in [0, 0.1) is 0 Å². The van der Waals surface area contributed by atoms with Gasteiger partial charge in [-0.3, -0.25) is 9.36 Å². The summed E-state index contributed by atoms with van der Waals surface area (Å²) in [5, 5.41) is 0. The highest BCUT2D eigenvalue weighted by molar-refractivity contribution is 5.68. The molecule has 0 spiro atoms. The second-order valence-corrected chi connectivity index (χ2v) is 10.8. The van der Waals surface area contributed by atoms with Crippen molar-refractivity contribution >= 4 is 11.2 Å². The summed E-state index contributed by atoms with van der Waals surface area (Å²) in [6.07, 6.45) is 0.941. The van der Waals surface area contributed by atoms with Gasteiger partial charge in [-0.1, -0.05) is 91.0 Å². The van der Waals surface area contributed by atoms with E-state index in [2.05, 4.69) is 51.4 Å². The van der Waals surface area contributed by atoms with E-state index in [0.29, 0.717) is 5.65 Å². The highest BCUT2D eigenvalue weighted by Crippen LogP contribution is 2.46. The number of fused-ring (bicyclic) bond motifs is 2. The Morgan fingerprint density at radius 1 is 0.854 bits per heavy atom. The monoisotopic (exact) mass is 550 g/mol. The first-order valence-corrected chi connectivity index (χ1v) is 13.7. The van der Waals surface area contributed by atoms with Crippen LogP contribution in [0.25, 0.3) is 11.2 Å². The van der Waals surface area contributed by atoms with Gasteiger partial charge in [-0.2, -0.15) is 0 Å². The lowest BCUT2D eigenvalue weighted by Gasteiger charge is -2.37. The van der Waals surface area contributed by atoms with Gasteiger partial charge in [-0.25, -0.2) is 9.97 Å². The fraction of sp³-hybridized carbons (Fsp3) is 0.281. The van der Waals surface area contributed by atoms with E-state index in [0.717, 1.165) is 16.7 Å². The van der Waals surface area contributed by atoms with Gasteiger partial charge in [0.1, 0.15) is 23.9 Å². The van der Waals surface area contributed by atoms with Crippen molar-refractivity contribution in [2.24, 2.45) is 0 Å². The highest BCUT2D eigenvalue weighted by Gasteiger charge is 2.57. The molecule has 0 radical (unpaired) electrons. The lowest BCUT2D eigenvalue weighted by Crippen LogP contribution is -2.39. The smallest absolute Gasteiger partial charge is 0.278 e. The minimum Gasteiger partial charge on any atom is -0.358 e. The molecule has 3 aromatic carbocycles. The molecule has 41 heavy (non-hydrogen) atoms. The molecule has 2 aliphatic rings. The van der Waals surface area contributed by atoms with Crippen LogP contribution in [0.2, 0.25) is 0 Å². The normalized spacial score (nSPS) is 23.6. The first kappa shape index (κ1) is 25.8.